The van der Waals surface area contributed by atoms with Gasteiger partial charge >= 0.3 is 0 Å². The smallest absolute Gasteiger partial charge is 0.165 e. The molecule has 0 saturated heterocycles. The van der Waals surface area contributed by atoms with Crippen LogP contribution in [0.3, 0.4) is 0 Å². The van der Waals surface area contributed by atoms with E-state index in [1.165, 1.54) is 0 Å². The van der Waals surface area contributed by atoms with E-state index in [2.05, 4.69) is 16.3 Å². The van der Waals surface area contributed by atoms with E-state index < -0.39 is 11.1 Å². The van der Waals surface area contributed by atoms with Crippen molar-refractivity contribution in [2.45, 2.75) is 52.1 Å². The largest absolute Gasteiger partial charge is 0.196 e. The van der Waals surface area contributed by atoms with Gasteiger partial charge < -0.3 is 0 Å². The van der Waals surface area contributed by atoms with E-state index in [1.807, 2.05) is 19.9 Å². The summed E-state index contributed by atoms with van der Waals surface area (Å²) in [6.45, 7) is 9.14. The lowest BCUT2D eigenvalue weighted by atomic mass is 9.93. The Morgan fingerprint density at radius 1 is 1.07 bits per heavy atom. The van der Waals surface area contributed by atoms with Gasteiger partial charge in [-0.2, -0.15) is 20.8 Å². The predicted molar refractivity (Wildman–Crippen MR) is 58.0 cm³/mol. The van der Waals surface area contributed by atoms with Crippen molar-refractivity contribution >= 4 is 0 Å². The van der Waals surface area contributed by atoms with E-state index in [4.69, 9.17) is 10.5 Å². The summed E-state index contributed by atoms with van der Waals surface area (Å²) < 4.78 is 0. The van der Waals surface area contributed by atoms with E-state index >= 15 is 0 Å². The average molecular weight is 206 g/mol. The molecule has 0 saturated carbocycles. The normalized spacial score (nSPS) is 16.0. The van der Waals surface area contributed by atoms with E-state index in [-0.39, 0.29) is 0 Å². The highest BCUT2D eigenvalue weighted by molar-refractivity contribution is 5.06. The lowest BCUT2D eigenvalue weighted by Gasteiger charge is -2.18. The second-order valence-electron chi connectivity index (χ2n) is 4.85. The van der Waals surface area contributed by atoms with E-state index in [0.717, 1.165) is 0 Å². The summed E-state index contributed by atoms with van der Waals surface area (Å²) in [6.07, 6.45) is 0.647. The Bertz CT molecular complexity index is 316. The lowest BCUT2D eigenvalue weighted by Crippen LogP contribution is -2.23. The van der Waals surface area contributed by atoms with Crippen molar-refractivity contribution in [2.75, 3.05) is 0 Å². The van der Waals surface area contributed by atoms with Gasteiger partial charge in [0.05, 0.1) is 12.1 Å². The van der Waals surface area contributed by atoms with Crippen LogP contribution in [0, 0.1) is 28.6 Å². The van der Waals surface area contributed by atoms with Gasteiger partial charge in [0.1, 0.15) is 0 Å². The van der Waals surface area contributed by atoms with Crippen LogP contribution in [-0.4, -0.2) is 11.1 Å². The highest BCUT2D eigenvalue weighted by Crippen LogP contribution is 2.22. The summed E-state index contributed by atoms with van der Waals surface area (Å²) in [7, 11) is 0. The van der Waals surface area contributed by atoms with Gasteiger partial charge in [0.25, 0.3) is 0 Å². The Morgan fingerprint density at radius 3 is 1.93 bits per heavy atom. The highest BCUT2D eigenvalue weighted by Gasteiger charge is 2.26. The fourth-order valence-corrected chi connectivity index (χ4v) is 1.16. The van der Waals surface area contributed by atoms with Crippen molar-refractivity contribution in [3.8, 4) is 12.1 Å². The molecule has 0 aliphatic rings. The molecule has 82 valence electrons. The quantitative estimate of drug-likeness (QED) is 0.663. The molecule has 0 rings (SSSR count). The second kappa shape index (κ2) is 4.89. The maximum Gasteiger partial charge on any atom is 0.165 e. The molecule has 0 spiro atoms. The van der Waals surface area contributed by atoms with Gasteiger partial charge in [-0.3, -0.25) is 0 Å². The van der Waals surface area contributed by atoms with Gasteiger partial charge in [0, 0.05) is 0 Å². The molecule has 1 unspecified atom stereocenters. The van der Waals surface area contributed by atoms with Crippen molar-refractivity contribution in [3.05, 3.63) is 0 Å². The Morgan fingerprint density at radius 2 is 1.60 bits per heavy atom. The number of nitrogens with zero attached hydrogens (tertiary/aromatic N) is 4. The first-order valence-electron chi connectivity index (χ1n) is 5.01. The third kappa shape index (κ3) is 5.12. The van der Waals surface area contributed by atoms with Crippen molar-refractivity contribution in [2.24, 2.45) is 16.1 Å². The first kappa shape index (κ1) is 13.6. The molecular weight excluding hydrogens is 188 g/mol. The number of hydrogen-bond acceptors (Lipinski definition) is 4. The second-order valence-corrected chi connectivity index (χ2v) is 4.85. The average Bonchev–Trinajstić information content (AvgIpc) is 2.14. The maximum atomic E-state index is 9.02. The van der Waals surface area contributed by atoms with Crippen LogP contribution in [-0.2, 0) is 0 Å². The number of azo groups is 1. The fraction of sp³-hybridized carbons (Fsp3) is 0.818. The summed E-state index contributed by atoms with van der Waals surface area (Å²) in [5.74, 6) is 0.374. The SMILES string of the molecule is CC(C)CC(C)(C#N)/N=N/C(C)(C)C#N. The fourth-order valence-electron chi connectivity index (χ4n) is 1.16. The molecule has 0 aromatic carbocycles. The van der Waals surface area contributed by atoms with Crippen LogP contribution < -0.4 is 0 Å². The molecule has 0 aliphatic heterocycles. The third-order valence-corrected chi connectivity index (χ3v) is 1.84. The minimum atomic E-state index is -0.852. The molecule has 0 aromatic rings. The number of nitriles is 2. The van der Waals surface area contributed by atoms with Crippen molar-refractivity contribution in [1.82, 2.24) is 0 Å². The Hall–Kier alpha value is -1.42. The zero-order valence-electron chi connectivity index (χ0n) is 10.1. The minimum Gasteiger partial charge on any atom is -0.196 e. The van der Waals surface area contributed by atoms with E-state index in [1.54, 1.807) is 20.8 Å². The number of rotatable bonds is 4. The maximum absolute atomic E-state index is 9.02. The van der Waals surface area contributed by atoms with Gasteiger partial charge in [-0.25, -0.2) is 0 Å². The first-order valence-corrected chi connectivity index (χ1v) is 5.01. The van der Waals surface area contributed by atoms with Crippen LogP contribution in [0.5, 0.6) is 0 Å². The Kier molecular flexibility index (Phi) is 4.42. The zero-order chi connectivity index (χ0) is 12.1. The molecule has 0 aromatic heterocycles. The molecule has 15 heavy (non-hydrogen) atoms. The molecule has 0 heterocycles. The zero-order valence-corrected chi connectivity index (χ0v) is 10.1. The van der Waals surface area contributed by atoms with Crippen LogP contribution in [0.1, 0.15) is 41.0 Å². The van der Waals surface area contributed by atoms with Crippen molar-refractivity contribution in [3.63, 3.8) is 0 Å². The molecule has 0 N–H and O–H groups in total. The standard InChI is InChI=1S/C11H18N4/c1-9(2)6-11(5,8-13)15-14-10(3,4)7-12/h9H,6H2,1-5H3/b15-14+. The van der Waals surface area contributed by atoms with Crippen LogP contribution in [0.2, 0.25) is 0 Å². The molecule has 4 nitrogen and oxygen atoms in total. The minimum absolute atomic E-state index is 0.374. The van der Waals surface area contributed by atoms with Gasteiger partial charge in [-0.1, -0.05) is 13.8 Å². The lowest BCUT2D eigenvalue weighted by molar-refractivity contribution is 0.417. The topological polar surface area (TPSA) is 72.3 Å². The number of hydrogen-bond donors (Lipinski definition) is 0. The first-order chi connectivity index (χ1) is 6.74. The third-order valence-electron chi connectivity index (χ3n) is 1.84. The molecule has 0 fully saturated rings. The van der Waals surface area contributed by atoms with Gasteiger partial charge in [0.2, 0.25) is 0 Å². The molecule has 0 bridgehead atoms. The van der Waals surface area contributed by atoms with Crippen LogP contribution in [0.15, 0.2) is 10.2 Å². The van der Waals surface area contributed by atoms with Gasteiger partial charge in [-0.15, -0.1) is 0 Å². The molecule has 0 aliphatic carbocycles. The van der Waals surface area contributed by atoms with Crippen molar-refractivity contribution < 1.29 is 0 Å². The Labute approximate surface area is 91.6 Å². The molecule has 0 amide bonds. The van der Waals surface area contributed by atoms with Crippen LogP contribution in [0.25, 0.3) is 0 Å². The highest BCUT2D eigenvalue weighted by atomic mass is 15.2. The summed E-state index contributed by atoms with van der Waals surface area (Å²) in [5.41, 5.74) is -1.67. The molecular formula is C11H18N4. The van der Waals surface area contributed by atoms with Crippen molar-refractivity contribution in [1.29, 1.82) is 10.5 Å². The summed E-state index contributed by atoms with van der Waals surface area (Å²) in [4.78, 5) is 0. The molecule has 0 radical (unpaired) electrons. The molecule has 4 heteroatoms. The van der Waals surface area contributed by atoms with E-state index in [9.17, 15) is 0 Å². The predicted octanol–water partition coefficient (Wildman–Crippen LogP) is 3.07. The van der Waals surface area contributed by atoms with Crippen LogP contribution in [0.4, 0.5) is 0 Å². The summed E-state index contributed by atoms with van der Waals surface area (Å²) in [6, 6.07) is 4.16. The summed E-state index contributed by atoms with van der Waals surface area (Å²) in [5, 5.41) is 25.7. The Balaban J connectivity index is 4.75. The van der Waals surface area contributed by atoms with Gasteiger partial charge in [0.15, 0.2) is 11.1 Å². The van der Waals surface area contributed by atoms with Gasteiger partial charge in [-0.05, 0) is 33.1 Å². The summed E-state index contributed by atoms with van der Waals surface area (Å²) >= 11 is 0. The van der Waals surface area contributed by atoms with Crippen LogP contribution >= 0.6 is 0 Å². The van der Waals surface area contributed by atoms with E-state index in [0.29, 0.717) is 12.3 Å². The molecule has 1 atom stereocenters. The monoisotopic (exact) mass is 206 g/mol.